The minimum atomic E-state index is -3.45. The quantitative estimate of drug-likeness (QED) is 0.697. The van der Waals surface area contributed by atoms with Crippen LogP contribution in [0.4, 0.5) is 5.13 Å². The van der Waals surface area contributed by atoms with Crippen molar-refractivity contribution in [1.82, 2.24) is 14.0 Å². The van der Waals surface area contributed by atoms with Crippen LogP contribution in [0.25, 0.3) is 10.2 Å². The fourth-order valence-electron chi connectivity index (χ4n) is 3.77. The van der Waals surface area contributed by atoms with Gasteiger partial charge in [0.2, 0.25) is 0 Å². The van der Waals surface area contributed by atoms with E-state index in [-0.39, 0.29) is 6.04 Å². The summed E-state index contributed by atoms with van der Waals surface area (Å²) in [5, 5.41) is 0.970. The predicted molar refractivity (Wildman–Crippen MR) is 113 cm³/mol. The van der Waals surface area contributed by atoms with Crippen molar-refractivity contribution in [3.05, 3.63) is 60.2 Å². The molecule has 2 aliphatic rings. The van der Waals surface area contributed by atoms with E-state index < -0.39 is 10.2 Å². The Labute approximate surface area is 169 Å². The van der Waals surface area contributed by atoms with Crippen LogP contribution in [0.1, 0.15) is 17.9 Å². The highest BCUT2D eigenvalue weighted by Gasteiger charge is 2.42. The second-order valence-electron chi connectivity index (χ2n) is 7.33. The predicted octanol–water partition coefficient (Wildman–Crippen LogP) is 2.81. The average Bonchev–Trinajstić information content (AvgIpc) is 3.33. The molecule has 146 valence electrons. The summed E-state index contributed by atoms with van der Waals surface area (Å²) in [6.07, 6.45) is 0.870. The average molecular weight is 415 g/mol. The Morgan fingerprint density at radius 1 is 0.964 bits per heavy atom. The third kappa shape index (κ3) is 3.53. The van der Waals surface area contributed by atoms with Crippen molar-refractivity contribution in [2.45, 2.75) is 18.4 Å². The smallest absolute Gasteiger partial charge is 0.279 e. The van der Waals surface area contributed by atoms with Gasteiger partial charge in [-0.25, -0.2) is 4.98 Å². The van der Waals surface area contributed by atoms with Crippen molar-refractivity contribution in [2.75, 3.05) is 31.1 Å². The molecule has 2 heterocycles. The zero-order valence-electron chi connectivity index (χ0n) is 15.4. The van der Waals surface area contributed by atoms with Crippen molar-refractivity contribution in [3.63, 3.8) is 0 Å². The molecule has 0 amide bonds. The van der Waals surface area contributed by atoms with Crippen molar-refractivity contribution in [3.8, 4) is 0 Å². The molecule has 0 spiro atoms. The molecule has 1 saturated heterocycles. The number of para-hydroxylation sites is 1. The molecule has 28 heavy (non-hydrogen) atoms. The van der Waals surface area contributed by atoms with E-state index in [9.17, 15) is 8.42 Å². The Morgan fingerprint density at radius 3 is 2.43 bits per heavy atom. The van der Waals surface area contributed by atoms with Gasteiger partial charge in [0.05, 0.1) is 10.2 Å². The number of nitrogens with one attached hydrogen (secondary N) is 1. The van der Waals surface area contributed by atoms with E-state index in [1.165, 1.54) is 5.56 Å². The summed E-state index contributed by atoms with van der Waals surface area (Å²) < 4.78 is 31.2. The number of aromatic nitrogens is 1. The number of fused-ring (bicyclic) bond motifs is 1. The molecule has 0 bridgehead atoms. The monoisotopic (exact) mass is 414 g/mol. The van der Waals surface area contributed by atoms with Gasteiger partial charge in [0.15, 0.2) is 5.13 Å². The number of hydrogen-bond acceptors (Lipinski definition) is 5. The maximum absolute atomic E-state index is 12.8. The van der Waals surface area contributed by atoms with Gasteiger partial charge in [0, 0.05) is 38.1 Å². The summed E-state index contributed by atoms with van der Waals surface area (Å²) in [6, 6.07) is 18.2. The first-order chi connectivity index (χ1) is 13.6. The molecule has 3 aromatic rings. The van der Waals surface area contributed by atoms with Gasteiger partial charge in [-0.2, -0.15) is 17.4 Å². The fraction of sp³-hybridized carbons (Fsp3) is 0.350. The molecular formula is C20H22N4O2S2. The van der Waals surface area contributed by atoms with Crippen LogP contribution in [-0.2, 0) is 10.2 Å². The van der Waals surface area contributed by atoms with E-state index in [2.05, 4.69) is 32.8 Å². The van der Waals surface area contributed by atoms with E-state index >= 15 is 0 Å². The van der Waals surface area contributed by atoms with Crippen LogP contribution in [0.2, 0.25) is 0 Å². The molecule has 6 nitrogen and oxygen atoms in total. The highest BCUT2D eigenvalue weighted by atomic mass is 32.2. The second-order valence-corrected chi connectivity index (χ2v) is 10.0. The summed E-state index contributed by atoms with van der Waals surface area (Å²) in [4.78, 5) is 6.87. The highest BCUT2D eigenvalue weighted by molar-refractivity contribution is 7.87. The zero-order valence-corrected chi connectivity index (χ0v) is 17.0. The molecular weight excluding hydrogens is 392 g/mol. The first kappa shape index (κ1) is 18.1. The number of thiazole rings is 1. The molecule has 2 atom stereocenters. The SMILES string of the molecule is O=S(=O)(N[C@@H]1C[C@H]1c1ccccc1)N1CCN(c2nc3ccccc3s2)CC1. The molecule has 5 rings (SSSR count). The van der Waals surface area contributed by atoms with Gasteiger partial charge in [-0.05, 0) is 24.1 Å². The molecule has 0 unspecified atom stereocenters. The molecule has 2 aromatic carbocycles. The standard InChI is InChI=1S/C20H22N4O2S2/c25-28(26,22-18-14-16(18)15-6-2-1-3-7-15)24-12-10-23(11-13-24)20-21-17-8-4-5-9-19(17)27-20/h1-9,16,18,22H,10-14H2/t16-,18+/m0/s1. The first-order valence-corrected chi connectivity index (χ1v) is 11.8. The lowest BCUT2D eigenvalue weighted by Crippen LogP contribution is -2.52. The number of benzene rings is 2. The Balaban J connectivity index is 1.20. The topological polar surface area (TPSA) is 65.5 Å². The van der Waals surface area contributed by atoms with E-state index in [0.29, 0.717) is 32.1 Å². The van der Waals surface area contributed by atoms with E-state index in [0.717, 1.165) is 21.8 Å². The summed E-state index contributed by atoms with van der Waals surface area (Å²) in [7, 11) is -3.45. The second kappa shape index (κ2) is 7.11. The maximum Gasteiger partial charge on any atom is 0.279 e. The summed E-state index contributed by atoms with van der Waals surface area (Å²) in [5.74, 6) is 0.292. The fourth-order valence-corrected chi connectivity index (χ4v) is 6.23. The Bertz CT molecular complexity index is 1040. The van der Waals surface area contributed by atoms with Crippen LogP contribution < -0.4 is 9.62 Å². The number of hydrogen-bond donors (Lipinski definition) is 1. The maximum atomic E-state index is 12.8. The molecule has 1 aliphatic carbocycles. The lowest BCUT2D eigenvalue weighted by Gasteiger charge is -2.33. The molecule has 1 aromatic heterocycles. The molecule has 1 aliphatic heterocycles. The van der Waals surface area contributed by atoms with Gasteiger partial charge in [0.25, 0.3) is 10.2 Å². The molecule has 1 saturated carbocycles. The minimum absolute atomic E-state index is 0.00897. The van der Waals surface area contributed by atoms with Gasteiger partial charge in [-0.1, -0.05) is 53.8 Å². The Hall–Kier alpha value is -2.00. The van der Waals surface area contributed by atoms with E-state index in [1.807, 2.05) is 36.4 Å². The Morgan fingerprint density at radius 2 is 1.68 bits per heavy atom. The van der Waals surface area contributed by atoms with Crippen LogP contribution in [-0.4, -0.2) is 49.9 Å². The van der Waals surface area contributed by atoms with Gasteiger partial charge in [-0.15, -0.1) is 0 Å². The zero-order chi connectivity index (χ0) is 19.1. The van der Waals surface area contributed by atoms with Crippen molar-refractivity contribution < 1.29 is 8.42 Å². The minimum Gasteiger partial charge on any atom is -0.345 e. The lowest BCUT2D eigenvalue weighted by molar-refractivity contribution is 0.378. The van der Waals surface area contributed by atoms with Crippen LogP contribution >= 0.6 is 11.3 Å². The van der Waals surface area contributed by atoms with Crippen LogP contribution in [0.15, 0.2) is 54.6 Å². The van der Waals surface area contributed by atoms with Crippen LogP contribution in [0.5, 0.6) is 0 Å². The molecule has 2 fully saturated rings. The van der Waals surface area contributed by atoms with Gasteiger partial charge < -0.3 is 4.90 Å². The third-order valence-corrected chi connectivity index (χ3v) is 8.19. The van der Waals surface area contributed by atoms with Gasteiger partial charge >= 0.3 is 0 Å². The van der Waals surface area contributed by atoms with Crippen molar-refractivity contribution in [2.24, 2.45) is 0 Å². The number of piperazine rings is 1. The lowest BCUT2D eigenvalue weighted by atomic mass is 10.1. The number of rotatable bonds is 5. The Kier molecular flexibility index (Phi) is 4.59. The van der Waals surface area contributed by atoms with Crippen molar-refractivity contribution in [1.29, 1.82) is 0 Å². The molecule has 1 N–H and O–H groups in total. The van der Waals surface area contributed by atoms with Gasteiger partial charge in [0.1, 0.15) is 0 Å². The highest BCUT2D eigenvalue weighted by Crippen LogP contribution is 2.41. The normalized spacial score (nSPS) is 23.2. The summed E-state index contributed by atoms with van der Waals surface area (Å²) in [6.45, 7) is 2.28. The number of anilines is 1. The largest absolute Gasteiger partial charge is 0.345 e. The molecule has 8 heteroatoms. The van der Waals surface area contributed by atoms with Gasteiger partial charge in [-0.3, -0.25) is 0 Å². The first-order valence-electron chi connectivity index (χ1n) is 9.53. The summed E-state index contributed by atoms with van der Waals surface area (Å²) >= 11 is 1.66. The third-order valence-electron chi connectivity index (χ3n) is 5.45. The van der Waals surface area contributed by atoms with Crippen LogP contribution in [0, 0.1) is 0 Å². The molecule has 0 radical (unpaired) electrons. The summed E-state index contributed by atoms with van der Waals surface area (Å²) in [5.41, 5.74) is 2.20. The van der Waals surface area contributed by atoms with E-state index in [4.69, 9.17) is 0 Å². The van der Waals surface area contributed by atoms with Crippen molar-refractivity contribution >= 4 is 36.9 Å². The number of nitrogens with zero attached hydrogens (tertiary/aromatic N) is 3. The van der Waals surface area contributed by atoms with E-state index in [1.54, 1.807) is 15.6 Å². The van der Waals surface area contributed by atoms with Crippen LogP contribution in [0.3, 0.4) is 0 Å².